The van der Waals surface area contributed by atoms with Gasteiger partial charge in [0.2, 0.25) is 17.7 Å². The number of hydrogen-bond donors (Lipinski definition) is 3. The molecule has 2 aliphatic carbocycles. The molecule has 3 N–H and O–H groups in total. The van der Waals surface area contributed by atoms with Gasteiger partial charge in [0.15, 0.2) is 0 Å². The molecular weight excluding hydrogens is 506 g/mol. The van der Waals surface area contributed by atoms with Gasteiger partial charge in [-0.3, -0.25) is 19.4 Å². The van der Waals surface area contributed by atoms with E-state index < -0.39 is 54.3 Å². The van der Waals surface area contributed by atoms with E-state index in [2.05, 4.69) is 20.9 Å². The number of nitrogens with zero attached hydrogens (tertiary/aromatic N) is 3. The zero-order chi connectivity index (χ0) is 27.7. The zero-order valence-electron chi connectivity index (χ0n) is 22.2. The normalized spacial score (nSPS) is 29.1. The SMILES string of the molecule is Cc1cncc(N[C@@H](CC2CC2)C(=O)N2[C@@H]3CC[C@H]([C@H]2C(=O)N[C@@H](C#N)C[C@H]2CCCNC2=O)C(F)(F)C3)c1. The Morgan fingerprint density at radius 3 is 2.69 bits per heavy atom. The molecule has 0 unspecified atom stereocenters. The summed E-state index contributed by atoms with van der Waals surface area (Å²) in [5.41, 5.74) is 1.58. The molecule has 2 bridgehead atoms. The first-order chi connectivity index (χ1) is 18.7. The van der Waals surface area contributed by atoms with Gasteiger partial charge >= 0.3 is 0 Å². The number of alkyl halides is 2. The molecule has 1 aromatic rings. The summed E-state index contributed by atoms with van der Waals surface area (Å²) >= 11 is 0. The van der Waals surface area contributed by atoms with Crippen molar-refractivity contribution < 1.29 is 23.2 Å². The lowest BCUT2D eigenvalue weighted by molar-refractivity contribution is -0.194. The van der Waals surface area contributed by atoms with Crippen LogP contribution in [0.25, 0.3) is 0 Å². The molecule has 2 saturated carbocycles. The van der Waals surface area contributed by atoms with Crippen molar-refractivity contribution in [2.75, 3.05) is 11.9 Å². The van der Waals surface area contributed by atoms with E-state index in [-0.39, 0.29) is 24.7 Å². The van der Waals surface area contributed by atoms with Gasteiger partial charge < -0.3 is 20.9 Å². The van der Waals surface area contributed by atoms with Crippen molar-refractivity contribution >= 4 is 23.4 Å². The maximum Gasteiger partial charge on any atom is 0.255 e. The number of amides is 3. The molecule has 6 atom stereocenters. The highest BCUT2D eigenvalue weighted by atomic mass is 19.3. The summed E-state index contributed by atoms with van der Waals surface area (Å²) in [5.74, 6) is -5.77. The lowest BCUT2D eigenvalue weighted by Gasteiger charge is -2.54. The third-order valence-corrected chi connectivity index (χ3v) is 8.63. The monoisotopic (exact) mass is 542 g/mol. The molecule has 9 nitrogen and oxygen atoms in total. The molecule has 11 heteroatoms. The third kappa shape index (κ3) is 5.99. The fourth-order valence-corrected chi connectivity index (χ4v) is 6.49. The molecule has 0 aromatic carbocycles. The zero-order valence-corrected chi connectivity index (χ0v) is 22.2. The Morgan fingerprint density at radius 2 is 2.03 bits per heavy atom. The van der Waals surface area contributed by atoms with E-state index >= 15 is 8.78 Å². The largest absolute Gasteiger partial charge is 0.372 e. The number of pyridine rings is 1. The first-order valence-electron chi connectivity index (χ1n) is 14.0. The van der Waals surface area contributed by atoms with Crippen LogP contribution in [0.2, 0.25) is 0 Å². The highest BCUT2D eigenvalue weighted by molar-refractivity contribution is 5.92. The highest BCUT2D eigenvalue weighted by Gasteiger charge is 2.61. The fraction of sp³-hybridized carbons (Fsp3) is 0.679. The van der Waals surface area contributed by atoms with Gasteiger partial charge in [0.1, 0.15) is 18.1 Å². The molecule has 3 saturated heterocycles. The third-order valence-electron chi connectivity index (χ3n) is 8.63. The minimum Gasteiger partial charge on any atom is -0.372 e. The second-order valence-corrected chi connectivity index (χ2v) is 11.7. The maximum atomic E-state index is 15.1. The quantitative estimate of drug-likeness (QED) is 0.440. The van der Waals surface area contributed by atoms with Gasteiger partial charge in [-0.2, -0.15) is 5.26 Å². The number of aromatic nitrogens is 1. The summed E-state index contributed by atoms with van der Waals surface area (Å²) in [4.78, 5) is 45.5. The van der Waals surface area contributed by atoms with E-state index in [9.17, 15) is 19.6 Å². The van der Waals surface area contributed by atoms with Crippen molar-refractivity contribution in [2.45, 2.75) is 94.8 Å². The minimum atomic E-state index is -3.09. The smallest absolute Gasteiger partial charge is 0.255 e. The van der Waals surface area contributed by atoms with Gasteiger partial charge in [-0.25, -0.2) is 8.78 Å². The maximum absolute atomic E-state index is 15.1. The van der Waals surface area contributed by atoms with Crippen LogP contribution in [0.3, 0.4) is 0 Å². The van der Waals surface area contributed by atoms with Gasteiger partial charge in [0.25, 0.3) is 5.92 Å². The highest BCUT2D eigenvalue weighted by Crippen LogP contribution is 2.49. The second kappa shape index (κ2) is 11.1. The topological polar surface area (TPSA) is 127 Å². The number of hydrogen-bond acceptors (Lipinski definition) is 6. The average Bonchev–Trinajstić information content (AvgIpc) is 3.72. The number of fused-ring (bicyclic) bond motifs is 3. The lowest BCUT2D eigenvalue weighted by atomic mass is 9.71. The molecule has 5 fully saturated rings. The minimum absolute atomic E-state index is 0.103. The molecule has 210 valence electrons. The van der Waals surface area contributed by atoms with E-state index in [0.29, 0.717) is 37.4 Å². The number of anilines is 1. The van der Waals surface area contributed by atoms with Gasteiger partial charge in [0.05, 0.1) is 17.7 Å². The molecule has 6 rings (SSSR count). The number of carbonyl (C=O) groups is 3. The summed E-state index contributed by atoms with van der Waals surface area (Å²) in [6.07, 6.45) is 7.42. The summed E-state index contributed by atoms with van der Waals surface area (Å²) in [7, 11) is 0. The van der Waals surface area contributed by atoms with Crippen LogP contribution in [0.5, 0.6) is 0 Å². The molecule has 0 radical (unpaired) electrons. The number of rotatable bonds is 9. The van der Waals surface area contributed by atoms with Gasteiger partial charge in [-0.05, 0) is 63.0 Å². The van der Waals surface area contributed by atoms with Crippen LogP contribution in [0, 0.1) is 36.0 Å². The van der Waals surface area contributed by atoms with Crippen molar-refractivity contribution in [3.8, 4) is 6.07 Å². The van der Waals surface area contributed by atoms with Crippen LogP contribution in [0.4, 0.5) is 14.5 Å². The van der Waals surface area contributed by atoms with Crippen molar-refractivity contribution in [3.63, 3.8) is 0 Å². The van der Waals surface area contributed by atoms with Crippen molar-refractivity contribution in [2.24, 2.45) is 17.8 Å². The summed E-state index contributed by atoms with van der Waals surface area (Å²) in [5, 5.41) is 18.4. The van der Waals surface area contributed by atoms with E-state index in [0.717, 1.165) is 24.8 Å². The van der Waals surface area contributed by atoms with Crippen LogP contribution in [0.15, 0.2) is 18.5 Å². The number of nitriles is 1. The van der Waals surface area contributed by atoms with Crippen LogP contribution >= 0.6 is 0 Å². The van der Waals surface area contributed by atoms with Gasteiger partial charge in [-0.15, -0.1) is 0 Å². The van der Waals surface area contributed by atoms with Crippen LogP contribution in [0.1, 0.15) is 63.4 Å². The number of carbonyl (C=O) groups excluding carboxylic acids is 3. The van der Waals surface area contributed by atoms with E-state index in [1.165, 1.54) is 4.90 Å². The number of nitrogens with one attached hydrogen (secondary N) is 3. The Hall–Kier alpha value is -3.29. The van der Waals surface area contributed by atoms with Crippen molar-refractivity contribution in [1.82, 2.24) is 20.5 Å². The molecule has 4 heterocycles. The van der Waals surface area contributed by atoms with E-state index in [1.54, 1.807) is 12.4 Å². The molecule has 5 aliphatic rings. The average molecular weight is 543 g/mol. The lowest BCUT2D eigenvalue weighted by Crippen LogP contribution is -2.70. The summed E-state index contributed by atoms with van der Waals surface area (Å²) < 4.78 is 30.3. The molecule has 3 amide bonds. The molecule has 1 aromatic heterocycles. The Balaban J connectivity index is 1.38. The van der Waals surface area contributed by atoms with Crippen molar-refractivity contribution in [3.05, 3.63) is 24.0 Å². The van der Waals surface area contributed by atoms with Crippen LogP contribution in [-0.2, 0) is 14.4 Å². The number of piperidine rings is 3. The van der Waals surface area contributed by atoms with Gasteiger partial charge in [0, 0.05) is 37.3 Å². The van der Waals surface area contributed by atoms with Crippen LogP contribution in [-0.4, -0.2) is 64.2 Å². The second-order valence-electron chi connectivity index (χ2n) is 11.7. The molecule has 3 aliphatic heterocycles. The molecular formula is C28H36F2N6O3. The number of aryl methyl sites for hydroxylation is 1. The summed E-state index contributed by atoms with van der Waals surface area (Å²) in [6, 6.07) is 0.0543. The molecule has 0 spiro atoms. The Kier molecular flexibility index (Phi) is 7.74. The molecule has 39 heavy (non-hydrogen) atoms. The Bertz CT molecular complexity index is 1150. The number of halogens is 2. The van der Waals surface area contributed by atoms with Gasteiger partial charge in [-0.1, -0.05) is 12.8 Å². The summed E-state index contributed by atoms with van der Waals surface area (Å²) in [6.45, 7) is 2.47. The first kappa shape index (κ1) is 27.3. The van der Waals surface area contributed by atoms with E-state index in [1.807, 2.05) is 19.1 Å². The Labute approximate surface area is 227 Å². The van der Waals surface area contributed by atoms with Crippen LogP contribution < -0.4 is 16.0 Å². The Morgan fingerprint density at radius 1 is 1.23 bits per heavy atom. The fourth-order valence-electron chi connectivity index (χ4n) is 6.49. The predicted octanol–water partition coefficient (Wildman–Crippen LogP) is 2.91. The van der Waals surface area contributed by atoms with E-state index in [4.69, 9.17) is 0 Å². The predicted molar refractivity (Wildman–Crippen MR) is 138 cm³/mol. The first-order valence-corrected chi connectivity index (χ1v) is 14.0. The standard InChI is InChI=1S/C28H36F2N6O3/c1-16-9-20(15-32-14-16)34-23(10-17-4-5-17)27(39)36-21-6-7-22(28(29,30)12-21)24(36)26(38)35-19(13-31)11-18-3-2-8-33-25(18)37/h9,14-15,17-19,21-24,34H,2-8,10-12H2,1H3,(H,33,37)(H,35,38)/t18-,19-,21-,22-,23+,24+/m1/s1. The van der Waals surface area contributed by atoms with Crippen molar-refractivity contribution in [1.29, 1.82) is 5.26 Å².